The number of guanidine groups is 1. The fraction of sp³-hybridized carbons (Fsp3) is 0.632. The third kappa shape index (κ3) is 7.11. The van der Waals surface area contributed by atoms with Crippen molar-refractivity contribution < 1.29 is 9.84 Å². The van der Waals surface area contributed by atoms with Crippen molar-refractivity contribution in [2.24, 2.45) is 4.99 Å². The number of aliphatic imine (C=N–C) groups is 1. The summed E-state index contributed by atoms with van der Waals surface area (Å²) < 4.78 is 5.32. The summed E-state index contributed by atoms with van der Waals surface area (Å²) in [5, 5.41) is 17.3. The van der Waals surface area contributed by atoms with Gasteiger partial charge in [-0.3, -0.25) is 4.99 Å². The molecule has 25 heavy (non-hydrogen) atoms. The molecule has 6 heteroatoms. The largest absolute Gasteiger partial charge is 0.388 e. The molecule has 1 saturated heterocycles. The van der Waals surface area contributed by atoms with Crippen LogP contribution < -0.4 is 10.6 Å². The Morgan fingerprint density at radius 3 is 2.48 bits per heavy atom. The number of benzene rings is 1. The molecule has 0 radical (unpaired) electrons. The lowest BCUT2D eigenvalue weighted by molar-refractivity contribution is -0.0566. The molecule has 2 atom stereocenters. The summed E-state index contributed by atoms with van der Waals surface area (Å²) in [6.45, 7) is 8.83. The Balaban J connectivity index is 0.00000312. The first-order chi connectivity index (χ1) is 11.5. The zero-order valence-corrected chi connectivity index (χ0v) is 17.8. The van der Waals surface area contributed by atoms with Gasteiger partial charge in [0, 0.05) is 44.6 Å². The molecule has 0 aromatic heterocycles. The summed E-state index contributed by atoms with van der Waals surface area (Å²) in [4.78, 5) is 4.61. The summed E-state index contributed by atoms with van der Waals surface area (Å²) in [5.74, 6) is 1.12. The van der Waals surface area contributed by atoms with E-state index in [2.05, 4.69) is 53.7 Å². The average molecular weight is 461 g/mol. The summed E-state index contributed by atoms with van der Waals surface area (Å²) in [5.41, 5.74) is 0.561. The number of aliphatic hydroxyl groups is 1. The van der Waals surface area contributed by atoms with Crippen LogP contribution in [0.3, 0.4) is 0 Å². The van der Waals surface area contributed by atoms with E-state index in [1.54, 1.807) is 0 Å². The van der Waals surface area contributed by atoms with E-state index < -0.39 is 5.60 Å². The van der Waals surface area contributed by atoms with Crippen molar-refractivity contribution in [1.82, 2.24) is 10.6 Å². The lowest BCUT2D eigenvalue weighted by Gasteiger charge is -2.31. The van der Waals surface area contributed by atoms with Gasteiger partial charge >= 0.3 is 0 Å². The quantitative estimate of drug-likeness (QED) is 0.346. The van der Waals surface area contributed by atoms with E-state index in [0.29, 0.717) is 38.5 Å². The number of hydrogen-bond donors (Lipinski definition) is 3. The Morgan fingerprint density at radius 1 is 1.24 bits per heavy atom. The van der Waals surface area contributed by atoms with Crippen LogP contribution in [0.25, 0.3) is 0 Å². The van der Waals surface area contributed by atoms with Gasteiger partial charge in [-0.25, -0.2) is 0 Å². The van der Waals surface area contributed by atoms with Crippen molar-refractivity contribution in [3.63, 3.8) is 0 Å². The van der Waals surface area contributed by atoms with Gasteiger partial charge in [-0.05, 0) is 19.4 Å². The smallest absolute Gasteiger partial charge is 0.191 e. The van der Waals surface area contributed by atoms with Gasteiger partial charge in [0.2, 0.25) is 0 Å². The molecule has 5 nitrogen and oxygen atoms in total. The Morgan fingerprint density at radius 2 is 1.88 bits per heavy atom. The highest BCUT2D eigenvalue weighted by molar-refractivity contribution is 14.0. The summed E-state index contributed by atoms with van der Waals surface area (Å²) in [6.07, 6.45) is 1.29. The predicted molar refractivity (Wildman–Crippen MR) is 114 cm³/mol. The Bertz CT molecular complexity index is 519. The van der Waals surface area contributed by atoms with Crippen molar-refractivity contribution >= 4 is 29.9 Å². The molecular formula is C19H32IN3O2. The molecule has 1 aromatic carbocycles. The number of rotatable bonds is 6. The number of ether oxygens (including phenoxy) is 1. The molecule has 1 fully saturated rings. The highest BCUT2D eigenvalue weighted by atomic mass is 127. The summed E-state index contributed by atoms with van der Waals surface area (Å²) >= 11 is 0. The number of hydrogen-bond acceptors (Lipinski definition) is 3. The van der Waals surface area contributed by atoms with E-state index in [4.69, 9.17) is 4.74 Å². The van der Waals surface area contributed by atoms with Crippen molar-refractivity contribution in [3.8, 4) is 0 Å². The van der Waals surface area contributed by atoms with Crippen LogP contribution in [0.4, 0.5) is 0 Å². The normalized spacial score (nSPS) is 19.4. The van der Waals surface area contributed by atoms with E-state index in [1.165, 1.54) is 5.56 Å². The van der Waals surface area contributed by atoms with Gasteiger partial charge in [0.25, 0.3) is 0 Å². The van der Waals surface area contributed by atoms with Crippen LogP contribution >= 0.6 is 24.0 Å². The SMILES string of the molecule is CCNC(=NCC1(O)CCOCC1)NC(C)C(C)c1ccccc1.I. The Labute approximate surface area is 168 Å². The second-order valence-electron chi connectivity index (χ2n) is 6.66. The molecule has 1 aromatic rings. The molecule has 0 saturated carbocycles. The van der Waals surface area contributed by atoms with E-state index in [-0.39, 0.29) is 30.0 Å². The third-order valence-corrected chi connectivity index (χ3v) is 4.74. The third-order valence-electron chi connectivity index (χ3n) is 4.74. The first-order valence-electron chi connectivity index (χ1n) is 8.94. The van der Waals surface area contributed by atoms with Crippen LogP contribution in [0.2, 0.25) is 0 Å². The maximum atomic E-state index is 10.6. The van der Waals surface area contributed by atoms with Gasteiger partial charge in [-0.1, -0.05) is 37.3 Å². The molecule has 1 aliphatic rings. The van der Waals surface area contributed by atoms with Crippen molar-refractivity contribution in [2.75, 3.05) is 26.3 Å². The predicted octanol–water partition coefficient (Wildman–Crippen LogP) is 2.89. The van der Waals surface area contributed by atoms with Crippen molar-refractivity contribution in [3.05, 3.63) is 35.9 Å². The van der Waals surface area contributed by atoms with Crippen LogP contribution in [-0.4, -0.2) is 49.0 Å². The topological polar surface area (TPSA) is 65.9 Å². The fourth-order valence-electron chi connectivity index (χ4n) is 2.84. The first-order valence-corrected chi connectivity index (χ1v) is 8.94. The van der Waals surface area contributed by atoms with Gasteiger partial charge in [0.1, 0.15) is 0 Å². The molecule has 0 bridgehead atoms. The minimum absolute atomic E-state index is 0. The standard InChI is InChI=1S/C19H31N3O2.HI/c1-4-20-18(21-14-19(23)10-12-24-13-11-19)22-16(3)15(2)17-8-6-5-7-9-17;/h5-9,15-16,23H,4,10-14H2,1-3H3,(H2,20,21,22);1H. The van der Waals surface area contributed by atoms with E-state index in [9.17, 15) is 5.11 Å². The van der Waals surface area contributed by atoms with Crippen LogP contribution in [0.1, 0.15) is 45.1 Å². The number of nitrogens with zero attached hydrogens (tertiary/aromatic N) is 1. The monoisotopic (exact) mass is 461 g/mol. The molecule has 2 rings (SSSR count). The zero-order chi connectivity index (χ0) is 17.4. The molecule has 0 aliphatic carbocycles. The van der Waals surface area contributed by atoms with Crippen LogP contribution in [-0.2, 0) is 4.74 Å². The maximum absolute atomic E-state index is 10.6. The molecule has 142 valence electrons. The van der Waals surface area contributed by atoms with Gasteiger partial charge in [0.15, 0.2) is 5.96 Å². The van der Waals surface area contributed by atoms with Gasteiger partial charge in [-0.15, -0.1) is 24.0 Å². The van der Waals surface area contributed by atoms with Gasteiger partial charge in [0.05, 0.1) is 12.1 Å². The van der Waals surface area contributed by atoms with Crippen molar-refractivity contribution in [2.45, 2.75) is 51.2 Å². The minimum atomic E-state index is -0.741. The molecule has 2 unspecified atom stereocenters. The van der Waals surface area contributed by atoms with Crippen molar-refractivity contribution in [1.29, 1.82) is 0 Å². The van der Waals surface area contributed by atoms with Gasteiger partial charge < -0.3 is 20.5 Å². The lowest BCUT2D eigenvalue weighted by Crippen LogP contribution is -2.46. The molecule has 0 spiro atoms. The number of halogens is 1. The number of nitrogens with one attached hydrogen (secondary N) is 2. The second-order valence-corrected chi connectivity index (χ2v) is 6.66. The van der Waals surface area contributed by atoms with E-state index >= 15 is 0 Å². The Hall–Kier alpha value is -0.860. The van der Waals surface area contributed by atoms with E-state index in [0.717, 1.165) is 12.5 Å². The maximum Gasteiger partial charge on any atom is 0.191 e. The highest BCUT2D eigenvalue weighted by Crippen LogP contribution is 2.21. The lowest BCUT2D eigenvalue weighted by atomic mass is 9.94. The highest BCUT2D eigenvalue weighted by Gasteiger charge is 2.29. The minimum Gasteiger partial charge on any atom is -0.388 e. The molecular weight excluding hydrogens is 429 g/mol. The van der Waals surface area contributed by atoms with Crippen LogP contribution in [0.15, 0.2) is 35.3 Å². The van der Waals surface area contributed by atoms with Crippen LogP contribution in [0.5, 0.6) is 0 Å². The zero-order valence-electron chi connectivity index (χ0n) is 15.5. The van der Waals surface area contributed by atoms with E-state index in [1.807, 2.05) is 13.0 Å². The summed E-state index contributed by atoms with van der Waals surface area (Å²) in [6, 6.07) is 10.7. The summed E-state index contributed by atoms with van der Waals surface area (Å²) in [7, 11) is 0. The first kappa shape index (κ1) is 22.2. The molecule has 0 amide bonds. The Kier molecular flexibility index (Phi) is 9.74. The molecule has 1 aliphatic heterocycles. The fourth-order valence-corrected chi connectivity index (χ4v) is 2.84. The average Bonchev–Trinajstić information content (AvgIpc) is 2.60. The molecule has 1 heterocycles. The molecule has 3 N–H and O–H groups in total. The van der Waals surface area contributed by atoms with Crippen LogP contribution in [0, 0.1) is 0 Å². The van der Waals surface area contributed by atoms with Gasteiger partial charge in [-0.2, -0.15) is 0 Å². The second kappa shape index (κ2) is 11.0.